The lowest BCUT2D eigenvalue weighted by atomic mass is 9.95. The molecule has 0 saturated carbocycles. The van der Waals surface area contributed by atoms with Crippen LogP contribution in [0.25, 0.3) is 27.9 Å². The van der Waals surface area contributed by atoms with Gasteiger partial charge in [-0.25, -0.2) is 9.50 Å². The highest BCUT2D eigenvalue weighted by atomic mass is 15.2. The van der Waals surface area contributed by atoms with Crippen molar-refractivity contribution in [3.05, 3.63) is 78.8 Å². The SMILES string of the molecule is CCC(CC)CCCc1ccc(-c2cnc3c(-c4ccccc4)cnn3c2)cc1. The lowest BCUT2D eigenvalue weighted by molar-refractivity contribution is 0.441. The van der Waals surface area contributed by atoms with Crippen molar-refractivity contribution in [2.24, 2.45) is 5.92 Å². The predicted molar refractivity (Wildman–Crippen MR) is 121 cm³/mol. The molecule has 0 radical (unpaired) electrons. The molecule has 3 nitrogen and oxygen atoms in total. The summed E-state index contributed by atoms with van der Waals surface area (Å²) in [6.07, 6.45) is 12.3. The summed E-state index contributed by atoms with van der Waals surface area (Å²) in [7, 11) is 0. The van der Waals surface area contributed by atoms with Gasteiger partial charge in [0.05, 0.1) is 6.20 Å². The van der Waals surface area contributed by atoms with E-state index < -0.39 is 0 Å². The van der Waals surface area contributed by atoms with Crippen molar-refractivity contribution in [3.63, 3.8) is 0 Å². The quantitative estimate of drug-likeness (QED) is 0.334. The van der Waals surface area contributed by atoms with E-state index in [-0.39, 0.29) is 0 Å². The average molecular weight is 384 g/mol. The first-order valence-electron chi connectivity index (χ1n) is 10.8. The molecule has 29 heavy (non-hydrogen) atoms. The van der Waals surface area contributed by atoms with Crippen molar-refractivity contribution in [2.75, 3.05) is 0 Å². The predicted octanol–water partition coefficient (Wildman–Crippen LogP) is 6.82. The van der Waals surface area contributed by atoms with Gasteiger partial charge < -0.3 is 0 Å². The Morgan fingerprint density at radius 1 is 0.828 bits per heavy atom. The van der Waals surface area contributed by atoms with Crippen molar-refractivity contribution >= 4 is 5.65 Å². The second-order valence-corrected chi connectivity index (χ2v) is 7.81. The summed E-state index contributed by atoms with van der Waals surface area (Å²) in [6, 6.07) is 19.2. The van der Waals surface area contributed by atoms with Gasteiger partial charge in [-0.3, -0.25) is 0 Å². The zero-order chi connectivity index (χ0) is 20.1. The van der Waals surface area contributed by atoms with Crippen LogP contribution in [-0.2, 0) is 6.42 Å². The number of rotatable bonds is 8. The maximum Gasteiger partial charge on any atom is 0.162 e. The number of hydrogen-bond donors (Lipinski definition) is 0. The standard InChI is InChI=1S/C26H29N3/c1-3-20(4-2)9-8-10-21-13-15-22(16-14-21)24-17-27-26-25(18-28-29(26)19-24)23-11-6-5-7-12-23/h5-7,11-20H,3-4,8-10H2,1-2H3. The third-order valence-electron chi connectivity index (χ3n) is 5.96. The fraction of sp³-hybridized carbons (Fsp3) is 0.308. The van der Waals surface area contributed by atoms with Gasteiger partial charge in [-0.15, -0.1) is 0 Å². The topological polar surface area (TPSA) is 30.2 Å². The van der Waals surface area contributed by atoms with Crippen LogP contribution in [0, 0.1) is 5.92 Å². The highest BCUT2D eigenvalue weighted by Gasteiger charge is 2.09. The van der Waals surface area contributed by atoms with E-state index in [2.05, 4.69) is 61.5 Å². The molecule has 0 aliphatic rings. The maximum atomic E-state index is 4.70. The molecule has 0 aliphatic heterocycles. The summed E-state index contributed by atoms with van der Waals surface area (Å²) in [5, 5.41) is 4.53. The molecule has 0 saturated heterocycles. The second-order valence-electron chi connectivity index (χ2n) is 7.81. The third-order valence-corrected chi connectivity index (χ3v) is 5.96. The highest BCUT2D eigenvalue weighted by Crippen LogP contribution is 2.26. The van der Waals surface area contributed by atoms with E-state index in [1.807, 2.05) is 35.1 Å². The summed E-state index contributed by atoms with van der Waals surface area (Å²) in [4.78, 5) is 4.70. The molecular weight excluding hydrogens is 354 g/mol. The number of benzene rings is 2. The number of nitrogens with zero attached hydrogens (tertiary/aromatic N) is 3. The number of hydrogen-bond acceptors (Lipinski definition) is 2. The van der Waals surface area contributed by atoms with Gasteiger partial charge in [0.25, 0.3) is 0 Å². The molecule has 2 heterocycles. The molecule has 148 valence electrons. The van der Waals surface area contributed by atoms with E-state index in [1.54, 1.807) is 0 Å². The van der Waals surface area contributed by atoms with E-state index in [4.69, 9.17) is 4.98 Å². The molecule has 2 aromatic heterocycles. The molecule has 3 heteroatoms. The highest BCUT2D eigenvalue weighted by molar-refractivity contribution is 5.77. The Bertz CT molecular complexity index is 1040. The van der Waals surface area contributed by atoms with E-state index >= 15 is 0 Å². The van der Waals surface area contributed by atoms with Gasteiger partial charge in [0.15, 0.2) is 5.65 Å². The fourth-order valence-electron chi connectivity index (χ4n) is 4.00. The molecule has 0 bridgehead atoms. The van der Waals surface area contributed by atoms with Crippen LogP contribution in [0.2, 0.25) is 0 Å². The zero-order valence-corrected chi connectivity index (χ0v) is 17.4. The Morgan fingerprint density at radius 2 is 1.59 bits per heavy atom. The van der Waals surface area contributed by atoms with E-state index in [0.29, 0.717) is 0 Å². The molecule has 0 aliphatic carbocycles. The Balaban J connectivity index is 1.48. The van der Waals surface area contributed by atoms with Crippen molar-refractivity contribution in [3.8, 4) is 22.3 Å². The minimum atomic E-state index is 0.877. The van der Waals surface area contributed by atoms with Crippen LogP contribution < -0.4 is 0 Å². The first kappa shape index (κ1) is 19.4. The number of aryl methyl sites for hydroxylation is 1. The van der Waals surface area contributed by atoms with Gasteiger partial charge in [0.2, 0.25) is 0 Å². The Kier molecular flexibility index (Phi) is 6.04. The normalized spacial score (nSPS) is 11.4. The molecule has 0 spiro atoms. The molecule has 0 amide bonds. The molecular formula is C26H29N3. The van der Waals surface area contributed by atoms with Crippen LogP contribution in [0.4, 0.5) is 0 Å². The summed E-state index contributed by atoms with van der Waals surface area (Å²) < 4.78 is 1.88. The van der Waals surface area contributed by atoms with E-state index in [1.165, 1.54) is 36.8 Å². The van der Waals surface area contributed by atoms with E-state index in [9.17, 15) is 0 Å². The van der Waals surface area contributed by atoms with Gasteiger partial charge in [-0.2, -0.15) is 5.10 Å². The molecule has 0 unspecified atom stereocenters. The average Bonchev–Trinajstić information content (AvgIpc) is 3.21. The summed E-state index contributed by atoms with van der Waals surface area (Å²) in [6.45, 7) is 4.60. The van der Waals surface area contributed by atoms with Crippen molar-refractivity contribution in [2.45, 2.75) is 46.0 Å². The third kappa shape index (κ3) is 4.40. The summed E-state index contributed by atoms with van der Waals surface area (Å²) in [5.41, 5.74) is 6.77. The van der Waals surface area contributed by atoms with Gasteiger partial charge in [-0.1, -0.05) is 87.7 Å². The Labute approximate surface area is 173 Å². The Morgan fingerprint density at radius 3 is 2.31 bits per heavy atom. The summed E-state index contributed by atoms with van der Waals surface area (Å²) >= 11 is 0. The molecule has 0 N–H and O–H groups in total. The lowest BCUT2D eigenvalue weighted by Gasteiger charge is -2.11. The minimum Gasteiger partial charge on any atom is -0.236 e. The smallest absolute Gasteiger partial charge is 0.162 e. The largest absolute Gasteiger partial charge is 0.236 e. The van der Waals surface area contributed by atoms with Crippen LogP contribution >= 0.6 is 0 Å². The van der Waals surface area contributed by atoms with E-state index in [0.717, 1.165) is 34.7 Å². The minimum absolute atomic E-state index is 0.877. The molecule has 0 fully saturated rings. The number of aromatic nitrogens is 3. The van der Waals surface area contributed by atoms with Gasteiger partial charge in [0, 0.05) is 23.5 Å². The molecule has 2 aromatic carbocycles. The van der Waals surface area contributed by atoms with Gasteiger partial charge >= 0.3 is 0 Å². The second kappa shape index (κ2) is 9.04. The number of fused-ring (bicyclic) bond motifs is 1. The molecule has 4 rings (SSSR count). The van der Waals surface area contributed by atoms with Crippen molar-refractivity contribution in [1.29, 1.82) is 0 Å². The molecule has 4 aromatic rings. The van der Waals surface area contributed by atoms with Crippen LogP contribution in [0.3, 0.4) is 0 Å². The van der Waals surface area contributed by atoms with Crippen molar-refractivity contribution in [1.82, 2.24) is 14.6 Å². The van der Waals surface area contributed by atoms with Crippen LogP contribution in [0.5, 0.6) is 0 Å². The monoisotopic (exact) mass is 383 g/mol. The fourth-order valence-corrected chi connectivity index (χ4v) is 4.00. The zero-order valence-electron chi connectivity index (χ0n) is 17.4. The first-order chi connectivity index (χ1) is 14.3. The van der Waals surface area contributed by atoms with Gasteiger partial charge in [0.1, 0.15) is 0 Å². The molecule has 0 atom stereocenters. The van der Waals surface area contributed by atoms with Crippen LogP contribution in [0.15, 0.2) is 73.2 Å². The van der Waals surface area contributed by atoms with Crippen LogP contribution in [-0.4, -0.2) is 14.6 Å². The Hall–Kier alpha value is -2.94. The van der Waals surface area contributed by atoms with Crippen molar-refractivity contribution < 1.29 is 0 Å². The maximum absolute atomic E-state index is 4.70. The van der Waals surface area contributed by atoms with Gasteiger partial charge in [-0.05, 0) is 35.4 Å². The lowest BCUT2D eigenvalue weighted by Crippen LogP contribution is -1.98. The first-order valence-corrected chi connectivity index (χ1v) is 10.8. The summed E-state index contributed by atoms with van der Waals surface area (Å²) in [5.74, 6) is 0.877. The van der Waals surface area contributed by atoms with Crippen LogP contribution in [0.1, 0.15) is 45.1 Å².